The molecule has 0 saturated carbocycles. The predicted molar refractivity (Wildman–Crippen MR) is 116 cm³/mol. The molecule has 29 heavy (non-hydrogen) atoms. The highest BCUT2D eigenvalue weighted by Crippen LogP contribution is 2.19. The molecule has 0 fully saturated rings. The number of methoxy groups -OCH3 is 2. The summed E-state index contributed by atoms with van der Waals surface area (Å²) in [5.74, 6) is 2.07. The van der Waals surface area contributed by atoms with Gasteiger partial charge in [-0.3, -0.25) is 9.36 Å². The van der Waals surface area contributed by atoms with Crippen molar-refractivity contribution >= 4 is 23.1 Å². The Morgan fingerprint density at radius 1 is 0.793 bits per heavy atom. The van der Waals surface area contributed by atoms with Gasteiger partial charge in [-0.15, -0.1) is 0 Å². The van der Waals surface area contributed by atoms with Crippen molar-refractivity contribution in [1.82, 2.24) is 9.55 Å². The van der Waals surface area contributed by atoms with Crippen molar-refractivity contribution in [3.8, 4) is 17.2 Å². The van der Waals surface area contributed by atoms with Gasteiger partial charge in [0.1, 0.15) is 17.3 Å². The molecule has 0 atom stereocenters. The Balaban J connectivity index is 1.86. The molecule has 4 rings (SSSR count). The Labute approximate surface area is 168 Å². The molecule has 0 bridgehead atoms. The van der Waals surface area contributed by atoms with Crippen molar-refractivity contribution in [2.75, 3.05) is 14.2 Å². The average molecular weight is 384 g/mol. The van der Waals surface area contributed by atoms with Gasteiger partial charge in [0.15, 0.2) is 0 Å². The Kier molecular flexibility index (Phi) is 5.12. The second-order valence-corrected chi connectivity index (χ2v) is 6.43. The standard InChI is InChI=1S/C24H20N2O3/c1-28-19-12-7-17(8-13-19)9-16-23-25-22-6-4-3-5-21(22)24(27)26(23)18-10-14-20(29-2)15-11-18/h3-16H,1-2H3. The highest BCUT2D eigenvalue weighted by Gasteiger charge is 2.11. The van der Waals surface area contributed by atoms with E-state index in [1.165, 1.54) is 0 Å². The van der Waals surface area contributed by atoms with Crippen molar-refractivity contribution in [3.05, 3.63) is 94.5 Å². The van der Waals surface area contributed by atoms with Gasteiger partial charge in [-0.2, -0.15) is 0 Å². The maximum Gasteiger partial charge on any atom is 0.266 e. The van der Waals surface area contributed by atoms with Crippen LogP contribution in [0.5, 0.6) is 11.5 Å². The van der Waals surface area contributed by atoms with Gasteiger partial charge >= 0.3 is 0 Å². The van der Waals surface area contributed by atoms with Crippen LogP contribution in [0.2, 0.25) is 0 Å². The number of fused-ring (bicyclic) bond motifs is 1. The maximum atomic E-state index is 13.2. The van der Waals surface area contributed by atoms with Crippen LogP contribution in [0, 0.1) is 0 Å². The molecule has 0 unspecified atom stereocenters. The molecule has 0 amide bonds. The van der Waals surface area contributed by atoms with Crippen molar-refractivity contribution in [2.45, 2.75) is 0 Å². The number of hydrogen-bond acceptors (Lipinski definition) is 4. The average Bonchev–Trinajstić information content (AvgIpc) is 2.78. The molecule has 1 heterocycles. The van der Waals surface area contributed by atoms with E-state index in [1.54, 1.807) is 24.9 Å². The van der Waals surface area contributed by atoms with E-state index in [1.807, 2.05) is 78.9 Å². The monoisotopic (exact) mass is 384 g/mol. The van der Waals surface area contributed by atoms with E-state index in [-0.39, 0.29) is 5.56 Å². The second-order valence-electron chi connectivity index (χ2n) is 6.43. The lowest BCUT2D eigenvalue weighted by Gasteiger charge is -2.12. The molecule has 0 aliphatic rings. The molecule has 5 nitrogen and oxygen atoms in total. The summed E-state index contributed by atoms with van der Waals surface area (Å²) in [6.45, 7) is 0. The first-order valence-electron chi connectivity index (χ1n) is 9.18. The van der Waals surface area contributed by atoms with Crippen molar-refractivity contribution < 1.29 is 9.47 Å². The van der Waals surface area contributed by atoms with Gasteiger partial charge in [-0.25, -0.2) is 4.98 Å². The summed E-state index contributed by atoms with van der Waals surface area (Å²) in [6, 6.07) is 22.4. The summed E-state index contributed by atoms with van der Waals surface area (Å²) in [5.41, 5.74) is 2.25. The molecule has 4 aromatic rings. The third-order valence-electron chi connectivity index (χ3n) is 4.67. The number of para-hydroxylation sites is 1. The Morgan fingerprint density at radius 2 is 1.41 bits per heavy atom. The minimum absolute atomic E-state index is 0.116. The van der Waals surface area contributed by atoms with Crippen LogP contribution in [0.3, 0.4) is 0 Å². The predicted octanol–water partition coefficient (Wildman–Crippen LogP) is 4.57. The summed E-state index contributed by atoms with van der Waals surface area (Å²) in [7, 11) is 3.25. The second kappa shape index (κ2) is 8.02. The van der Waals surface area contributed by atoms with Crippen LogP contribution in [0.4, 0.5) is 0 Å². The third-order valence-corrected chi connectivity index (χ3v) is 4.67. The maximum absolute atomic E-state index is 13.2. The Hall–Kier alpha value is -3.86. The van der Waals surface area contributed by atoms with E-state index in [0.29, 0.717) is 16.7 Å². The normalized spacial score (nSPS) is 11.1. The fourth-order valence-electron chi connectivity index (χ4n) is 3.13. The van der Waals surface area contributed by atoms with Gasteiger partial charge in [-0.1, -0.05) is 30.3 Å². The van der Waals surface area contributed by atoms with Crippen molar-refractivity contribution in [3.63, 3.8) is 0 Å². The molecule has 0 spiro atoms. The molecule has 0 radical (unpaired) electrons. The zero-order valence-corrected chi connectivity index (χ0v) is 16.2. The van der Waals surface area contributed by atoms with E-state index < -0.39 is 0 Å². The quantitative estimate of drug-likeness (QED) is 0.506. The first kappa shape index (κ1) is 18.5. The zero-order valence-electron chi connectivity index (χ0n) is 16.2. The third kappa shape index (κ3) is 3.75. The number of ether oxygens (including phenoxy) is 2. The smallest absolute Gasteiger partial charge is 0.266 e. The molecule has 0 aliphatic heterocycles. The largest absolute Gasteiger partial charge is 0.497 e. The zero-order chi connectivity index (χ0) is 20.2. The molecule has 5 heteroatoms. The first-order chi connectivity index (χ1) is 14.2. The summed E-state index contributed by atoms with van der Waals surface area (Å²) in [5, 5.41) is 0.574. The lowest BCUT2D eigenvalue weighted by atomic mass is 10.2. The number of nitrogens with zero attached hydrogens (tertiary/aromatic N) is 2. The van der Waals surface area contributed by atoms with Gasteiger partial charge in [-0.05, 0) is 60.2 Å². The molecular weight excluding hydrogens is 364 g/mol. The highest BCUT2D eigenvalue weighted by atomic mass is 16.5. The molecule has 0 N–H and O–H groups in total. The minimum Gasteiger partial charge on any atom is -0.497 e. The summed E-state index contributed by atoms with van der Waals surface area (Å²) in [6.07, 6.45) is 3.77. The van der Waals surface area contributed by atoms with E-state index in [2.05, 4.69) is 0 Å². The van der Waals surface area contributed by atoms with Crippen LogP contribution < -0.4 is 15.0 Å². The van der Waals surface area contributed by atoms with Crippen LogP contribution in [0.25, 0.3) is 28.7 Å². The highest BCUT2D eigenvalue weighted by molar-refractivity contribution is 5.80. The van der Waals surface area contributed by atoms with Gasteiger partial charge < -0.3 is 9.47 Å². The molecule has 3 aromatic carbocycles. The Bertz CT molecular complexity index is 1220. The van der Waals surface area contributed by atoms with Crippen LogP contribution in [-0.4, -0.2) is 23.8 Å². The van der Waals surface area contributed by atoms with Gasteiger partial charge in [0.2, 0.25) is 0 Å². The topological polar surface area (TPSA) is 53.3 Å². The van der Waals surface area contributed by atoms with E-state index in [9.17, 15) is 4.79 Å². The Morgan fingerprint density at radius 3 is 2.07 bits per heavy atom. The number of aromatic nitrogens is 2. The number of rotatable bonds is 5. The van der Waals surface area contributed by atoms with Gasteiger partial charge in [0.25, 0.3) is 5.56 Å². The molecule has 144 valence electrons. The van der Waals surface area contributed by atoms with Crippen LogP contribution >= 0.6 is 0 Å². The number of benzene rings is 3. The van der Waals surface area contributed by atoms with E-state index in [4.69, 9.17) is 14.5 Å². The number of hydrogen-bond donors (Lipinski definition) is 0. The lowest BCUT2D eigenvalue weighted by Crippen LogP contribution is -2.22. The SMILES string of the molecule is COc1ccc(C=Cc2nc3ccccc3c(=O)n2-c2ccc(OC)cc2)cc1. The van der Waals surface area contributed by atoms with Crippen LogP contribution in [-0.2, 0) is 0 Å². The van der Waals surface area contributed by atoms with E-state index in [0.717, 1.165) is 22.7 Å². The van der Waals surface area contributed by atoms with Crippen molar-refractivity contribution in [1.29, 1.82) is 0 Å². The summed E-state index contributed by atoms with van der Waals surface area (Å²) in [4.78, 5) is 18.0. The fourth-order valence-corrected chi connectivity index (χ4v) is 3.13. The molecular formula is C24H20N2O3. The fraction of sp³-hybridized carbons (Fsp3) is 0.0833. The molecule has 0 saturated heterocycles. The van der Waals surface area contributed by atoms with Crippen LogP contribution in [0.1, 0.15) is 11.4 Å². The lowest BCUT2D eigenvalue weighted by molar-refractivity contribution is 0.414. The molecule has 1 aromatic heterocycles. The summed E-state index contributed by atoms with van der Waals surface area (Å²) < 4.78 is 12.0. The molecule has 0 aliphatic carbocycles. The van der Waals surface area contributed by atoms with Gasteiger partial charge in [0.05, 0.1) is 30.8 Å². The van der Waals surface area contributed by atoms with Gasteiger partial charge in [0, 0.05) is 0 Å². The van der Waals surface area contributed by atoms with Crippen molar-refractivity contribution in [2.24, 2.45) is 0 Å². The first-order valence-corrected chi connectivity index (χ1v) is 9.18. The summed E-state index contributed by atoms with van der Waals surface area (Å²) >= 11 is 0. The van der Waals surface area contributed by atoms with E-state index >= 15 is 0 Å². The minimum atomic E-state index is -0.116. The van der Waals surface area contributed by atoms with Crippen LogP contribution in [0.15, 0.2) is 77.6 Å².